The van der Waals surface area contributed by atoms with Gasteiger partial charge in [0, 0.05) is 23.1 Å². The minimum atomic E-state index is -0.908. The molecule has 4 rings (SSSR count). The van der Waals surface area contributed by atoms with Gasteiger partial charge in [0.1, 0.15) is 12.7 Å². The van der Waals surface area contributed by atoms with Crippen LogP contribution >= 0.6 is 0 Å². The summed E-state index contributed by atoms with van der Waals surface area (Å²) < 4.78 is 23.2. The van der Waals surface area contributed by atoms with Crippen LogP contribution in [0.1, 0.15) is 55.6 Å². The van der Waals surface area contributed by atoms with Gasteiger partial charge >= 0.3 is 5.97 Å². The van der Waals surface area contributed by atoms with Crippen molar-refractivity contribution in [1.29, 1.82) is 0 Å². The number of aliphatic hydroxyl groups excluding tert-OH is 1. The van der Waals surface area contributed by atoms with E-state index in [2.05, 4.69) is 6.58 Å². The third kappa shape index (κ3) is 6.85. The van der Waals surface area contributed by atoms with E-state index in [0.717, 1.165) is 11.1 Å². The molecule has 1 N–H and O–H groups in total. The zero-order valence-electron chi connectivity index (χ0n) is 22.4. The summed E-state index contributed by atoms with van der Waals surface area (Å²) in [6, 6.07) is 16.2. The highest BCUT2D eigenvalue weighted by Gasteiger charge is 2.51. The largest absolute Gasteiger partial charge is 0.460 e. The van der Waals surface area contributed by atoms with Crippen molar-refractivity contribution in [3.05, 3.63) is 83.9 Å². The molecule has 2 heterocycles. The van der Waals surface area contributed by atoms with Crippen molar-refractivity contribution in [3.8, 4) is 0 Å². The van der Waals surface area contributed by atoms with Gasteiger partial charge in [0.25, 0.3) is 0 Å². The molecular formula is C31H36O7. The molecular weight excluding hydrogens is 484 g/mol. The smallest absolute Gasteiger partial charge is 0.330 e. The highest BCUT2D eigenvalue weighted by Crippen LogP contribution is 2.41. The van der Waals surface area contributed by atoms with E-state index in [1.54, 1.807) is 30.3 Å². The van der Waals surface area contributed by atoms with Gasteiger partial charge in [0.05, 0.1) is 24.4 Å². The van der Waals surface area contributed by atoms with Gasteiger partial charge in [-0.05, 0) is 51.3 Å². The molecule has 0 unspecified atom stereocenters. The molecule has 2 aliphatic rings. The first-order valence-electron chi connectivity index (χ1n) is 12.9. The maximum absolute atomic E-state index is 12.7. The lowest BCUT2D eigenvalue weighted by molar-refractivity contribution is -0.167. The highest BCUT2D eigenvalue weighted by molar-refractivity contribution is 6.28. The topological polar surface area (TPSA) is 91.3 Å². The van der Waals surface area contributed by atoms with Crippen LogP contribution in [-0.2, 0) is 23.7 Å². The van der Waals surface area contributed by atoms with Crippen LogP contribution in [0.15, 0.2) is 67.3 Å². The van der Waals surface area contributed by atoms with Gasteiger partial charge in [0.2, 0.25) is 0 Å². The Morgan fingerprint density at radius 1 is 1.05 bits per heavy atom. The van der Waals surface area contributed by atoms with Gasteiger partial charge in [-0.15, -0.1) is 0 Å². The Morgan fingerprint density at radius 2 is 1.74 bits per heavy atom. The van der Waals surface area contributed by atoms with E-state index in [1.807, 2.05) is 58.0 Å². The maximum Gasteiger partial charge on any atom is 0.330 e. The van der Waals surface area contributed by atoms with Crippen molar-refractivity contribution in [2.24, 2.45) is 5.92 Å². The third-order valence-corrected chi connectivity index (χ3v) is 6.87. The van der Waals surface area contributed by atoms with E-state index < -0.39 is 23.5 Å². The second kappa shape index (κ2) is 11.3. The highest BCUT2D eigenvalue weighted by atomic mass is 16.8. The van der Waals surface area contributed by atoms with E-state index in [4.69, 9.17) is 18.9 Å². The number of esters is 1. The number of rotatable bonds is 9. The van der Waals surface area contributed by atoms with Gasteiger partial charge in [-0.2, -0.15) is 0 Å². The molecule has 0 spiro atoms. The van der Waals surface area contributed by atoms with Crippen LogP contribution in [-0.4, -0.2) is 59.8 Å². The average Bonchev–Trinajstić information content (AvgIpc) is 3.43. The summed E-state index contributed by atoms with van der Waals surface area (Å²) in [5, 5.41) is 10.9. The molecule has 2 fully saturated rings. The van der Waals surface area contributed by atoms with Gasteiger partial charge in [0.15, 0.2) is 11.6 Å². The Balaban J connectivity index is 1.30. The molecule has 0 amide bonds. The van der Waals surface area contributed by atoms with Gasteiger partial charge < -0.3 is 24.1 Å². The fraction of sp³-hybridized carbons (Fsp3) is 0.419. The standard InChI is InChI=1S/C31H36O7/c1-20(22-9-7-6-8-10-22)28(34)23-14-11-21(12-15-23)13-16-27(33)35-18-25(32)24-17-30(2,3)38-29(24)26-19-36-31(4,5)37-26/h6-16,24-26,29,32H,1,17-19H2,2-5H3/b16-13+/t24-,25+,26-,29-/m1/s1. The van der Waals surface area contributed by atoms with Crippen LogP contribution < -0.4 is 0 Å². The summed E-state index contributed by atoms with van der Waals surface area (Å²) in [4.78, 5) is 25.1. The zero-order chi connectivity index (χ0) is 27.5. The summed E-state index contributed by atoms with van der Waals surface area (Å²) in [6.07, 6.45) is 1.93. The monoisotopic (exact) mass is 520 g/mol. The molecule has 0 bridgehead atoms. The summed E-state index contributed by atoms with van der Waals surface area (Å²) in [6.45, 7) is 11.8. The number of hydrogen-bond donors (Lipinski definition) is 1. The second-order valence-electron chi connectivity index (χ2n) is 10.9. The molecule has 0 radical (unpaired) electrons. The Hall–Kier alpha value is -3.10. The number of hydrogen-bond acceptors (Lipinski definition) is 7. The molecule has 0 aliphatic carbocycles. The quantitative estimate of drug-likeness (QED) is 0.288. The molecule has 2 aromatic carbocycles. The number of Topliss-reactive ketones (excluding diaryl/α,β-unsaturated/α-hetero) is 1. The van der Waals surface area contributed by atoms with Crippen LogP contribution in [0.2, 0.25) is 0 Å². The van der Waals surface area contributed by atoms with Gasteiger partial charge in [-0.3, -0.25) is 4.79 Å². The number of benzene rings is 2. The van der Waals surface area contributed by atoms with E-state index >= 15 is 0 Å². The van der Waals surface area contributed by atoms with Crippen molar-refractivity contribution < 1.29 is 33.6 Å². The molecule has 38 heavy (non-hydrogen) atoms. The average molecular weight is 521 g/mol. The third-order valence-electron chi connectivity index (χ3n) is 6.87. The fourth-order valence-corrected chi connectivity index (χ4v) is 4.97. The lowest BCUT2D eigenvalue weighted by atomic mass is 9.87. The second-order valence-corrected chi connectivity index (χ2v) is 10.9. The normalized spacial score (nSPS) is 24.8. The van der Waals surface area contributed by atoms with Crippen LogP contribution in [0.3, 0.4) is 0 Å². The molecule has 4 atom stereocenters. The predicted molar refractivity (Wildman–Crippen MR) is 144 cm³/mol. The lowest BCUT2D eigenvalue weighted by Gasteiger charge is -2.28. The van der Waals surface area contributed by atoms with Crippen molar-refractivity contribution in [3.63, 3.8) is 0 Å². The Morgan fingerprint density at radius 3 is 2.37 bits per heavy atom. The van der Waals surface area contributed by atoms with Crippen molar-refractivity contribution in [2.75, 3.05) is 13.2 Å². The first kappa shape index (κ1) is 27.9. The van der Waals surface area contributed by atoms with E-state index in [-0.39, 0.29) is 30.5 Å². The molecule has 2 saturated heterocycles. The molecule has 0 saturated carbocycles. The predicted octanol–water partition coefficient (Wildman–Crippen LogP) is 4.84. The number of ether oxygens (including phenoxy) is 4. The number of carbonyl (C=O) groups is 2. The Labute approximate surface area is 224 Å². The SMILES string of the molecule is C=C(C(=O)c1ccc(/C=C/C(=O)OC[C@H](O)[C@H]2CC(C)(C)O[C@H]2[C@H]2COC(C)(C)O2)cc1)c1ccccc1. The van der Waals surface area contributed by atoms with Crippen LogP contribution in [0, 0.1) is 5.92 Å². The van der Waals surface area contributed by atoms with Crippen LogP contribution in [0.5, 0.6) is 0 Å². The number of carbonyl (C=O) groups excluding carboxylic acids is 2. The number of allylic oxidation sites excluding steroid dienone is 1. The number of aliphatic hydroxyl groups is 1. The van der Waals surface area contributed by atoms with E-state index in [0.29, 0.717) is 24.2 Å². The summed E-state index contributed by atoms with van der Waals surface area (Å²) in [5.41, 5.74) is 2.01. The van der Waals surface area contributed by atoms with Crippen molar-refractivity contribution >= 4 is 23.4 Å². The van der Waals surface area contributed by atoms with Crippen molar-refractivity contribution in [2.45, 2.75) is 63.8 Å². The number of ketones is 1. The van der Waals surface area contributed by atoms with Crippen LogP contribution in [0.4, 0.5) is 0 Å². The lowest BCUT2D eigenvalue weighted by Crippen LogP contribution is -2.41. The molecule has 2 aliphatic heterocycles. The van der Waals surface area contributed by atoms with Gasteiger partial charge in [-0.25, -0.2) is 4.79 Å². The summed E-state index contributed by atoms with van der Waals surface area (Å²) >= 11 is 0. The minimum Gasteiger partial charge on any atom is -0.460 e. The van der Waals surface area contributed by atoms with Gasteiger partial charge in [-0.1, -0.05) is 61.2 Å². The van der Waals surface area contributed by atoms with Crippen molar-refractivity contribution in [1.82, 2.24) is 0 Å². The molecule has 7 heteroatoms. The minimum absolute atomic E-state index is 0.157. The molecule has 202 valence electrons. The fourth-order valence-electron chi connectivity index (χ4n) is 4.97. The first-order valence-corrected chi connectivity index (χ1v) is 12.9. The summed E-state index contributed by atoms with van der Waals surface area (Å²) in [7, 11) is 0. The Bertz CT molecular complexity index is 1180. The first-order chi connectivity index (χ1) is 17.9. The Kier molecular flexibility index (Phi) is 8.33. The zero-order valence-corrected chi connectivity index (χ0v) is 22.4. The summed E-state index contributed by atoms with van der Waals surface area (Å²) in [5.74, 6) is -1.69. The van der Waals surface area contributed by atoms with E-state index in [1.165, 1.54) is 6.08 Å². The van der Waals surface area contributed by atoms with E-state index in [9.17, 15) is 14.7 Å². The van der Waals surface area contributed by atoms with Crippen LogP contribution in [0.25, 0.3) is 11.6 Å². The molecule has 0 aromatic heterocycles. The maximum atomic E-state index is 12.7. The molecule has 2 aromatic rings. The molecule has 7 nitrogen and oxygen atoms in total.